The standard InChI is InChI=1S/C23H21N3O3S/c1-23(2,3)17-11-9-15(10-12-17)19-24-22-26(25-19)20(27)18(30-22)13-14-5-7-16(8-6-14)21(28)29-4/h5-13H,1-4H3. The molecule has 4 aromatic rings. The van der Waals surface area contributed by atoms with Crippen LogP contribution in [0.15, 0.2) is 53.3 Å². The largest absolute Gasteiger partial charge is 0.465 e. The lowest BCUT2D eigenvalue weighted by Crippen LogP contribution is -2.23. The van der Waals surface area contributed by atoms with Gasteiger partial charge >= 0.3 is 5.97 Å². The van der Waals surface area contributed by atoms with Gasteiger partial charge in [0.25, 0.3) is 5.56 Å². The number of hydrogen-bond acceptors (Lipinski definition) is 6. The number of benzene rings is 2. The molecule has 2 aromatic carbocycles. The Hall–Kier alpha value is -3.32. The first-order chi connectivity index (χ1) is 14.3. The van der Waals surface area contributed by atoms with Crippen molar-refractivity contribution in [2.24, 2.45) is 0 Å². The fourth-order valence-electron chi connectivity index (χ4n) is 3.06. The van der Waals surface area contributed by atoms with Crippen LogP contribution >= 0.6 is 11.3 Å². The maximum Gasteiger partial charge on any atom is 0.337 e. The smallest absolute Gasteiger partial charge is 0.337 e. The molecule has 0 amide bonds. The number of thiazole rings is 1. The van der Waals surface area contributed by atoms with E-state index in [1.807, 2.05) is 12.1 Å². The number of rotatable bonds is 3. The summed E-state index contributed by atoms with van der Waals surface area (Å²) in [5.74, 6) is 0.140. The lowest BCUT2D eigenvalue weighted by molar-refractivity contribution is 0.0600. The first kappa shape index (κ1) is 20.0. The Morgan fingerprint density at radius 3 is 2.30 bits per heavy atom. The van der Waals surface area contributed by atoms with E-state index in [0.29, 0.717) is 20.9 Å². The molecule has 0 aliphatic rings. The van der Waals surface area contributed by atoms with Gasteiger partial charge < -0.3 is 4.74 Å². The zero-order valence-electron chi connectivity index (χ0n) is 17.2. The number of methoxy groups -OCH3 is 1. The van der Waals surface area contributed by atoms with Gasteiger partial charge in [-0.05, 0) is 34.8 Å². The molecule has 0 radical (unpaired) electrons. The third kappa shape index (κ3) is 3.76. The minimum absolute atomic E-state index is 0.0719. The Balaban J connectivity index is 1.66. The topological polar surface area (TPSA) is 73.6 Å². The molecule has 2 heterocycles. The van der Waals surface area contributed by atoms with Gasteiger partial charge in [-0.15, -0.1) is 5.10 Å². The van der Waals surface area contributed by atoms with Crippen LogP contribution in [0.25, 0.3) is 22.4 Å². The number of ether oxygens (including phenoxy) is 1. The number of fused-ring (bicyclic) bond motifs is 1. The van der Waals surface area contributed by atoms with Crippen LogP contribution in [-0.4, -0.2) is 27.7 Å². The second kappa shape index (κ2) is 7.50. The van der Waals surface area contributed by atoms with Crippen molar-refractivity contribution < 1.29 is 9.53 Å². The van der Waals surface area contributed by atoms with E-state index in [-0.39, 0.29) is 11.0 Å². The van der Waals surface area contributed by atoms with E-state index in [4.69, 9.17) is 4.74 Å². The van der Waals surface area contributed by atoms with Crippen molar-refractivity contribution in [2.75, 3.05) is 7.11 Å². The van der Waals surface area contributed by atoms with E-state index >= 15 is 0 Å². The minimum Gasteiger partial charge on any atom is -0.465 e. The molecule has 2 aromatic heterocycles. The molecule has 7 heteroatoms. The SMILES string of the molecule is COC(=O)c1ccc(C=c2sc3nc(-c4ccc(C(C)(C)C)cc4)nn3c2=O)cc1. The highest BCUT2D eigenvalue weighted by Gasteiger charge is 2.15. The Kier molecular flexibility index (Phi) is 4.99. The summed E-state index contributed by atoms with van der Waals surface area (Å²) in [5, 5.41) is 4.41. The van der Waals surface area contributed by atoms with Crippen molar-refractivity contribution in [1.82, 2.24) is 14.6 Å². The van der Waals surface area contributed by atoms with E-state index in [1.165, 1.54) is 28.5 Å². The Morgan fingerprint density at radius 2 is 1.73 bits per heavy atom. The Morgan fingerprint density at radius 1 is 1.07 bits per heavy atom. The molecule has 0 fully saturated rings. The van der Waals surface area contributed by atoms with Crippen molar-refractivity contribution in [2.45, 2.75) is 26.2 Å². The molecule has 0 saturated carbocycles. The number of carbonyl (C=O) groups is 1. The zero-order chi connectivity index (χ0) is 21.5. The molecule has 0 atom stereocenters. The average molecular weight is 420 g/mol. The van der Waals surface area contributed by atoms with Crippen LogP contribution in [0.1, 0.15) is 42.3 Å². The van der Waals surface area contributed by atoms with E-state index in [0.717, 1.165) is 11.1 Å². The Bertz CT molecular complexity index is 1330. The van der Waals surface area contributed by atoms with Crippen molar-refractivity contribution in [1.29, 1.82) is 0 Å². The zero-order valence-corrected chi connectivity index (χ0v) is 18.0. The predicted molar refractivity (Wildman–Crippen MR) is 118 cm³/mol. The predicted octanol–water partition coefficient (Wildman–Crippen LogP) is 3.45. The monoisotopic (exact) mass is 419 g/mol. The molecule has 0 bridgehead atoms. The fourth-order valence-corrected chi connectivity index (χ4v) is 3.97. The molecule has 30 heavy (non-hydrogen) atoms. The summed E-state index contributed by atoms with van der Waals surface area (Å²) in [5.41, 5.74) is 3.23. The van der Waals surface area contributed by atoms with Gasteiger partial charge in [0.15, 0.2) is 5.82 Å². The summed E-state index contributed by atoms with van der Waals surface area (Å²) >= 11 is 1.29. The molecule has 0 spiro atoms. The van der Waals surface area contributed by atoms with Gasteiger partial charge in [0.05, 0.1) is 17.2 Å². The summed E-state index contributed by atoms with van der Waals surface area (Å²) in [6.45, 7) is 6.49. The van der Waals surface area contributed by atoms with E-state index in [1.54, 1.807) is 30.3 Å². The van der Waals surface area contributed by atoms with E-state index < -0.39 is 5.97 Å². The van der Waals surface area contributed by atoms with Crippen molar-refractivity contribution in [3.05, 3.63) is 80.1 Å². The van der Waals surface area contributed by atoms with Crippen LogP contribution in [0.5, 0.6) is 0 Å². The second-order valence-electron chi connectivity index (χ2n) is 7.99. The van der Waals surface area contributed by atoms with Crippen LogP contribution in [0.3, 0.4) is 0 Å². The second-order valence-corrected chi connectivity index (χ2v) is 9.00. The number of nitrogens with zero attached hydrogens (tertiary/aromatic N) is 3. The van der Waals surface area contributed by atoms with Crippen molar-refractivity contribution in [3.63, 3.8) is 0 Å². The normalized spacial score (nSPS) is 12.5. The molecule has 0 saturated heterocycles. The molecule has 0 N–H and O–H groups in total. The van der Waals surface area contributed by atoms with E-state index in [9.17, 15) is 9.59 Å². The highest BCUT2D eigenvalue weighted by atomic mass is 32.1. The van der Waals surface area contributed by atoms with Gasteiger partial charge in [0.1, 0.15) is 0 Å². The van der Waals surface area contributed by atoms with Gasteiger partial charge in [-0.3, -0.25) is 4.79 Å². The van der Waals surface area contributed by atoms with E-state index in [2.05, 4.69) is 43.0 Å². The highest BCUT2D eigenvalue weighted by molar-refractivity contribution is 7.15. The summed E-state index contributed by atoms with van der Waals surface area (Å²) in [7, 11) is 1.34. The number of esters is 1. The maximum atomic E-state index is 12.8. The first-order valence-corrected chi connectivity index (χ1v) is 10.3. The molecular formula is C23H21N3O3S. The number of hydrogen-bond donors (Lipinski definition) is 0. The number of aromatic nitrogens is 3. The molecule has 0 aliphatic heterocycles. The molecular weight excluding hydrogens is 398 g/mol. The molecule has 152 valence electrons. The van der Waals surface area contributed by atoms with Crippen LogP contribution < -0.4 is 10.1 Å². The summed E-state index contributed by atoms with van der Waals surface area (Å²) in [6, 6.07) is 15.0. The Labute approximate surface area is 177 Å². The van der Waals surface area contributed by atoms with Crippen LogP contribution in [0, 0.1) is 0 Å². The minimum atomic E-state index is -0.395. The molecule has 4 rings (SSSR count). The van der Waals surface area contributed by atoms with Crippen LogP contribution in [0.4, 0.5) is 0 Å². The van der Waals surface area contributed by atoms with Gasteiger partial charge in [0, 0.05) is 5.56 Å². The quantitative estimate of drug-likeness (QED) is 0.476. The molecule has 0 aliphatic carbocycles. The fraction of sp³-hybridized carbons (Fsp3) is 0.217. The summed E-state index contributed by atoms with van der Waals surface area (Å²) < 4.78 is 6.57. The summed E-state index contributed by atoms with van der Waals surface area (Å²) in [6.07, 6.45) is 1.77. The van der Waals surface area contributed by atoms with Crippen molar-refractivity contribution in [3.8, 4) is 11.4 Å². The lowest BCUT2D eigenvalue weighted by atomic mass is 9.87. The molecule has 0 unspecified atom stereocenters. The third-order valence-electron chi connectivity index (χ3n) is 4.82. The van der Waals surface area contributed by atoms with Gasteiger partial charge in [-0.2, -0.15) is 9.50 Å². The van der Waals surface area contributed by atoms with Crippen LogP contribution in [-0.2, 0) is 10.2 Å². The molecule has 6 nitrogen and oxygen atoms in total. The average Bonchev–Trinajstić information content (AvgIpc) is 3.27. The third-order valence-corrected chi connectivity index (χ3v) is 5.78. The van der Waals surface area contributed by atoms with Gasteiger partial charge in [-0.1, -0.05) is 68.5 Å². The van der Waals surface area contributed by atoms with Crippen molar-refractivity contribution >= 4 is 28.3 Å². The van der Waals surface area contributed by atoms with Gasteiger partial charge in [0.2, 0.25) is 4.96 Å². The van der Waals surface area contributed by atoms with Crippen LogP contribution in [0.2, 0.25) is 0 Å². The summed E-state index contributed by atoms with van der Waals surface area (Å²) in [4.78, 5) is 29.4. The lowest BCUT2D eigenvalue weighted by Gasteiger charge is -2.18. The maximum absolute atomic E-state index is 12.8. The highest BCUT2D eigenvalue weighted by Crippen LogP contribution is 2.25. The number of carbonyl (C=O) groups excluding carboxylic acids is 1. The van der Waals surface area contributed by atoms with Gasteiger partial charge in [-0.25, -0.2) is 4.79 Å². The first-order valence-electron chi connectivity index (χ1n) is 9.47.